The Bertz CT molecular complexity index is 554. The quantitative estimate of drug-likeness (QED) is 0.882. The second-order valence-electron chi connectivity index (χ2n) is 6.06. The number of hydrogen-bond acceptors (Lipinski definition) is 4. The normalized spacial score (nSPS) is 23.0. The van der Waals surface area contributed by atoms with Crippen LogP contribution in [0.2, 0.25) is 0 Å². The van der Waals surface area contributed by atoms with Gasteiger partial charge < -0.3 is 19.3 Å². The largest absolute Gasteiger partial charge is 0.469 e. The van der Waals surface area contributed by atoms with Gasteiger partial charge in [-0.05, 0) is 31.7 Å². The lowest BCUT2D eigenvalue weighted by molar-refractivity contribution is -0.145. The van der Waals surface area contributed by atoms with Gasteiger partial charge in [0.25, 0.3) is 5.91 Å². The van der Waals surface area contributed by atoms with Crippen molar-refractivity contribution in [1.82, 2.24) is 9.80 Å². The first kappa shape index (κ1) is 15.1. The molecule has 1 saturated heterocycles. The Morgan fingerprint density at radius 2 is 2.18 bits per heavy atom. The predicted molar refractivity (Wildman–Crippen MR) is 78.9 cm³/mol. The van der Waals surface area contributed by atoms with Crippen molar-refractivity contribution in [1.29, 1.82) is 0 Å². The first-order chi connectivity index (χ1) is 10.6. The minimum Gasteiger partial charge on any atom is -0.469 e. The standard InChI is InChI=1S/C16H22N2O4/c19-13-4-1-2-7-18(16(13)21)11-15(20)17-8-3-5-14-12(10-17)6-9-22-14/h6,9,13,19H,1-5,7-8,10-11H2. The molecule has 0 aliphatic carbocycles. The van der Waals surface area contributed by atoms with E-state index in [-0.39, 0.29) is 18.4 Å². The fourth-order valence-electron chi connectivity index (χ4n) is 3.16. The summed E-state index contributed by atoms with van der Waals surface area (Å²) in [6.07, 6.45) is 4.55. The highest BCUT2D eigenvalue weighted by atomic mass is 16.3. The number of likely N-dealkylation sites (tertiary alicyclic amines) is 1. The van der Waals surface area contributed by atoms with E-state index in [2.05, 4.69) is 0 Å². The van der Waals surface area contributed by atoms with Crippen molar-refractivity contribution in [3.63, 3.8) is 0 Å². The Kier molecular flexibility index (Phi) is 4.47. The van der Waals surface area contributed by atoms with Crippen LogP contribution in [0.15, 0.2) is 16.7 Å². The summed E-state index contributed by atoms with van der Waals surface area (Å²) in [5, 5.41) is 9.77. The van der Waals surface area contributed by atoms with Gasteiger partial charge in [0.15, 0.2) is 0 Å². The van der Waals surface area contributed by atoms with E-state index >= 15 is 0 Å². The molecule has 0 aromatic carbocycles. The Hall–Kier alpha value is -1.82. The van der Waals surface area contributed by atoms with Crippen LogP contribution < -0.4 is 0 Å². The number of rotatable bonds is 2. The fraction of sp³-hybridized carbons (Fsp3) is 0.625. The zero-order valence-corrected chi connectivity index (χ0v) is 12.7. The average molecular weight is 306 g/mol. The van der Waals surface area contributed by atoms with E-state index < -0.39 is 6.10 Å². The van der Waals surface area contributed by atoms with E-state index in [1.54, 1.807) is 11.2 Å². The highest BCUT2D eigenvalue weighted by Crippen LogP contribution is 2.20. The lowest BCUT2D eigenvalue weighted by Crippen LogP contribution is -2.45. The molecular formula is C16H22N2O4. The number of fused-ring (bicyclic) bond motifs is 1. The molecule has 0 radical (unpaired) electrons. The molecule has 3 rings (SSSR count). The predicted octanol–water partition coefficient (Wildman–Crippen LogP) is 0.928. The molecule has 6 nitrogen and oxygen atoms in total. The summed E-state index contributed by atoms with van der Waals surface area (Å²) in [6, 6.07) is 1.90. The van der Waals surface area contributed by atoms with Crippen molar-refractivity contribution in [2.75, 3.05) is 19.6 Å². The maximum absolute atomic E-state index is 12.5. The van der Waals surface area contributed by atoms with Gasteiger partial charge in [-0.15, -0.1) is 0 Å². The molecule has 2 amide bonds. The topological polar surface area (TPSA) is 74.0 Å². The average Bonchev–Trinajstić information content (AvgIpc) is 2.77. The molecule has 2 aliphatic heterocycles. The van der Waals surface area contributed by atoms with Crippen molar-refractivity contribution in [2.45, 2.75) is 44.8 Å². The smallest absolute Gasteiger partial charge is 0.251 e. The van der Waals surface area contributed by atoms with Gasteiger partial charge in [-0.1, -0.05) is 0 Å². The Morgan fingerprint density at radius 1 is 1.32 bits per heavy atom. The molecule has 1 N–H and O–H groups in total. The number of aliphatic hydroxyl groups is 1. The molecule has 0 saturated carbocycles. The van der Waals surface area contributed by atoms with Crippen LogP contribution in [0.5, 0.6) is 0 Å². The van der Waals surface area contributed by atoms with E-state index in [0.717, 1.165) is 37.0 Å². The second-order valence-corrected chi connectivity index (χ2v) is 6.06. The number of hydrogen-bond donors (Lipinski definition) is 1. The molecule has 3 heterocycles. The summed E-state index contributed by atoms with van der Waals surface area (Å²) in [7, 11) is 0. The van der Waals surface area contributed by atoms with Crippen molar-refractivity contribution in [2.24, 2.45) is 0 Å². The number of aliphatic hydroxyl groups excluding tert-OH is 1. The summed E-state index contributed by atoms with van der Waals surface area (Å²) in [5.41, 5.74) is 1.05. The molecule has 0 spiro atoms. The van der Waals surface area contributed by atoms with Gasteiger partial charge >= 0.3 is 0 Å². The minimum atomic E-state index is -0.958. The van der Waals surface area contributed by atoms with Gasteiger partial charge in [0.2, 0.25) is 5.91 Å². The fourth-order valence-corrected chi connectivity index (χ4v) is 3.16. The van der Waals surface area contributed by atoms with Gasteiger partial charge in [-0.2, -0.15) is 0 Å². The molecule has 120 valence electrons. The molecule has 1 fully saturated rings. The molecule has 1 unspecified atom stereocenters. The van der Waals surface area contributed by atoms with E-state index in [4.69, 9.17) is 4.42 Å². The Morgan fingerprint density at radius 3 is 3.05 bits per heavy atom. The number of furan rings is 1. The summed E-state index contributed by atoms with van der Waals surface area (Å²) in [4.78, 5) is 27.9. The van der Waals surface area contributed by atoms with Crippen LogP contribution in [0, 0.1) is 0 Å². The van der Waals surface area contributed by atoms with E-state index in [9.17, 15) is 14.7 Å². The van der Waals surface area contributed by atoms with Gasteiger partial charge in [0.05, 0.1) is 12.8 Å². The monoisotopic (exact) mass is 306 g/mol. The maximum atomic E-state index is 12.5. The van der Waals surface area contributed by atoms with Crippen LogP contribution in [-0.4, -0.2) is 52.5 Å². The third-order valence-corrected chi connectivity index (χ3v) is 4.46. The third kappa shape index (κ3) is 3.16. The van der Waals surface area contributed by atoms with Gasteiger partial charge in [-0.25, -0.2) is 0 Å². The SMILES string of the molecule is O=C(CN1CCCCC(O)C1=O)N1CCCc2occc2C1. The zero-order valence-electron chi connectivity index (χ0n) is 12.7. The van der Waals surface area contributed by atoms with Crippen LogP contribution in [0.4, 0.5) is 0 Å². The molecule has 1 aromatic heterocycles. The highest BCUT2D eigenvalue weighted by Gasteiger charge is 2.28. The summed E-state index contributed by atoms with van der Waals surface area (Å²) in [5.74, 6) is 0.581. The summed E-state index contributed by atoms with van der Waals surface area (Å²) in [6.45, 7) is 1.82. The number of amides is 2. The van der Waals surface area contributed by atoms with Gasteiger partial charge in [-0.3, -0.25) is 9.59 Å². The van der Waals surface area contributed by atoms with Gasteiger partial charge in [0.1, 0.15) is 11.9 Å². The Labute approximate surface area is 129 Å². The molecular weight excluding hydrogens is 284 g/mol. The zero-order chi connectivity index (χ0) is 15.5. The first-order valence-electron chi connectivity index (χ1n) is 7.95. The number of carbonyl (C=O) groups is 2. The van der Waals surface area contributed by atoms with E-state index in [1.807, 2.05) is 6.07 Å². The van der Waals surface area contributed by atoms with E-state index in [0.29, 0.717) is 26.1 Å². The minimum absolute atomic E-state index is 0.0586. The van der Waals surface area contributed by atoms with E-state index in [1.165, 1.54) is 4.90 Å². The highest BCUT2D eigenvalue weighted by molar-refractivity contribution is 5.87. The van der Waals surface area contributed by atoms with Crippen molar-refractivity contribution in [3.8, 4) is 0 Å². The number of carbonyl (C=O) groups excluding carboxylic acids is 2. The van der Waals surface area contributed by atoms with Crippen molar-refractivity contribution >= 4 is 11.8 Å². The molecule has 6 heteroatoms. The molecule has 22 heavy (non-hydrogen) atoms. The first-order valence-corrected chi connectivity index (χ1v) is 7.95. The Balaban J connectivity index is 1.65. The molecule has 1 atom stereocenters. The lowest BCUT2D eigenvalue weighted by Gasteiger charge is -2.26. The molecule has 0 bridgehead atoms. The number of nitrogens with zero attached hydrogens (tertiary/aromatic N) is 2. The lowest BCUT2D eigenvalue weighted by atomic mass is 10.2. The maximum Gasteiger partial charge on any atom is 0.251 e. The van der Waals surface area contributed by atoms with Crippen LogP contribution in [0.1, 0.15) is 37.0 Å². The van der Waals surface area contributed by atoms with Crippen molar-refractivity contribution in [3.05, 3.63) is 23.7 Å². The summed E-state index contributed by atoms with van der Waals surface area (Å²) < 4.78 is 5.43. The second kappa shape index (κ2) is 6.52. The van der Waals surface area contributed by atoms with Gasteiger partial charge in [0, 0.05) is 31.6 Å². The van der Waals surface area contributed by atoms with Crippen LogP contribution in [0.25, 0.3) is 0 Å². The third-order valence-electron chi connectivity index (χ3n) is 4.46. The number of aryl methyl sites for hydroxylation is 1. The van der Waals surface area contributed by atoms with Crippen LogP contribution >= 0.6 is 0 Å². The van der Waals surface area contributed by atoms with Crippen molar-refractivity contribution < 1.29 is 19.1 Å². The van der Waals surface area contributed by atoms with Crippen LogP contribution in [0.3, 0.4) is 0 Å². The molecule has 2 aliphatic rings. The van der Waals surface area contributed by atoms with Crippen LogP contribution in [-0.2, 0) is 22.6 Å². The molecule has 1 aromatic rings. The summed E-state index contributed by atoms with van der Waals surface area (Å²) >= 11 is 0.